The predicted molar refractivity (Wildman–Crippen MR) is 78.6 cm³/mol. The zero-order valence-corrected chi connectivity index (χ0v) is 11.0. The molecule has 3 nitrogen and oxygen atoms in total. The summed E-state index contributed by atoms with van der Waals surface area (Å²) in [4.78, 5) is 6.90. The molecule has 0 saturated heterocycles. The van der Waals surface area contributed by atoms with Gasteiger partial charge in [0.05, 0.1) is 11.3 Å². The normalized spacial score (nSPS) is 11.5. The van der Waals surface area contributed by atoms with Gasteiger partial charge >= 0.3 is 0 Å². The Morgan fingerprint density at radius 1 is 1.20 bits per heavy atom. The second kappa shape index (κ2) is 4.98. The number of nitrogens with one attached hydrogen (secondary N) is 1. The van der Waals surface area contributed by atoms with Crippen LogP contribution in [0.15, 0.2) is 47.5 Å². The molecular weight excluding hydrogens is 279 g/mol. The van der Waals surface area contributed by atoms with Crippen LogP contribution in [0.4, 0.5) is 10.1 Å². The number of aromatic amines is 1. The van der Waals surface area contributed by atoms with Crippen molar-refractivity contribution in [3.8, 4) is 5.88 Å². The molecule has 1 heterocycles. The zero-order valence-electron chi connectivity index (χ0n) is 10.3. The second-order valence-corrected chi connectivity index (χ2v) is 4.72. The Morgan fingerprint density at radius 3 is 2.80 bits per heavy atom. The number of rotatable bonds is 2. The van der Waals surface area contributed by atoms with Gasteiger partial charge in [0, 0.05) is 22.1 Å². The topological polar surface area (TPSA) is 48.4 Å². The molecule has 0 fully saturated rings. The number of benzene rings is 2. The first kappa shape index (κ1) is 12.7. The van der Waals surface area contributed by atoms with Crippen LogP contribution < -0.4 is 0 Å². The third-order valence-corrected chi connectivity index (χ3v) is 3.20. The number of H-pyrrole nitrogens is 1. The van der Waals surface area contributed by atoms with Crippen LogP contribution in [0.5, 0.6) is 5.88 Å². The number of para-hydroxylation sites is 1. The lowest BCUT2D eigenvalue weighted by Crippen LogP contribution is -1.81. The van der Waals surface area contributed by atoms with Crippen LogP contribution in [0.25, 0.3) is 10.9 Å². The Balaban J connectivity index is 2.04. The van der Waals surface area contributed by atoms with Gasteiger partial charge in [-0.2, -0.15) is 0 Å². The van der Waals surface area contributed by atoms with E-state index < -0.39 is 5.82 Å². The fourth-order valence-corrected chi connectivity index (χ4v) is 2.16. The highest BCUT2D eigenvalue weighted by Gasteiger charge is 2.08. The first-order valence-electron chi connectivity index (χ1n) is 5.94. The largest absolute Gasteiger partial charge is 0.494 e. The van der Waals surface area contributed by atoms with Crippen LogP contribution in [-0.2, 0) is 0 Å². The monoisotopic (exact) mass is 288 g/mol. The highest BCUT2D eigenvalue weighted by atomic mass is 35.5. The van der Waals surface area contributed by atoms with Gasteiger partial charge in [-0.15, -0.1) is 0 Å². The summed E-state index contributed by atoms with van der Waals surface area (Å²) in [6.45, 7) is 0. The molecule has 3 rings (SSSR count). The summed E-state index contributed by atoms with van der Waals surface area (Å²) >= 11 is 5.68. The van der Waals surface area contributed by atoms with E-state index in [-0.39, 0.29) is 11.6 Å². The number of halogens is 2. The lowest BCUT2D eigenvalue weighted by Gasteiger charge is -1.97. The highest BCUT2D eigenvalue weighted by molar-refractivity contribution is 6.30. The van der Waals surface area contributed by atoms with Gasteiger partial charge in [0.25, 0.3) is 0 Å². The molecule has 0 aliphatic rings. The van der Waals surface area contributed by atoms with E-state index in [0.717, 1.165) is 10.9 Å². The molecule has 5 heteroatoms. The van der Waals surface area contributed by atoms with Gasteiger partial charge in [-0.25, -0.2) is 4.39 Å². The summed E-state index contributed by atoms with van der Waals surface area (Å²) < 4.78 is 13.6. The number of nitrogens with zero attached hydrogens (tertiary/aromatic N) is 1. The number of aliphatic imine (C=N–C) groups is 1. The molecule has 20 heavy (non-hydrogen) atoms. The molecule has 0 amide bonds. The minimum Gasteiger partial charge on any atom is -0.494 e. The van der Waals surface area contributed by atoms with E-state index in [2.05, 4.69) is 9.98 Å². The maximum absolute atomic E-state index is 13.6. The predicted octanol–water partition coefficient (Wildman–Crippen LogP) is 4.42. The summed E-state index contributed by atoms with van der Waals surface area (Å²) in [5.74, 6) is -0.502. The van der Waals surface area contributed by atoms with Gasteiger partial charge in [-0.05, 0) is 24.3 Å². The van der Waals surface area contributed by atoms with E-state index in [1.165, 1.54) is 18.3 Å². The van der Waals surface area contributed by atoms with Crippen LogP contribution in [0.1, 0.15) is 5.56 Å². The number of fused-ring (bicyclic) bond motifs is 1. The van der Waals surface area contributed by atoms with Crippen molar-refractivity contribution < 1.29 is 9.50 Å². The van der Waals surface area contributed by atoms with Gasteiger partial charge in [0.15, 0.2) is 5.88 Å². The minimum atomic E-state index is -0.506. The minimum absolute atomic E-state index is 0.00400. The van der Waals surface area contributed by atoms with Crippen molar-refractivity contribution in [1.29, 1.82) is 0 Å². The molecular formula is C15H10ClFN2O. The molecule has 0 bridgehead atoms. The molecule has 0 spiro atoms. The summed E-state index contributed by atoms with van der Waals surface area (Å²) in [5, 5.41) is 11.0. The van der Waals surface area contributed by atoms with E-state index in [1.807, 2.05) is 24.3 Å². The summed E-state index contributed by atoms with van der Waals surface area (Å²) in [6.07, 6.45) is 1.43. The van der Waals surface area contributed by atoms with Crippen molar-refractivity contribution >= 4 is 34.4 Å². The Hall–Kier alpha value is -2.33. The molecule has 0 saturated carbocycles. The number of hydrogen-bond acceptors (Lipinski definition) is 2. The molecule has 0 atom stereocenters. The van der Waals surface area contributed by atoms with Gasteiger partial charge < -0.3 is 10.1 Å². The van der Waals surface area contributed by atoms with Crippen LogP contribution in [-0.4, -0.2) is 16.3 Å². The Kier molecular flexibility index (Phi) is 3.16. The van der Waals surface area contributed by atoms with Crippen molar-refractivity contribution in [3.63, 3.8) is 0 Å². The van der Waals surface area contributed by atoms with Gasteiger partial charge in [0.2, 0.25) is 0 Å². The molecule has 0 aliphatic heterocycles. The average Bonchev–Trinajstić information content (AvgIpc) is 2.74. The number of hydrogen-bond donors (Lipinski definition) is 2. The fraction of sp³-hybridized carbons (Fsp3) is 0. The number of aromatic hydroxyl groups is 1. The van der Waals surface area contributed by atoms with Crippen molar-refractivity contribution in [3.05, 3.63) is 58.9 Å². The molecule has 0 unspecified atom stereocenters. The highest BCUT2D eigenvalue weighted by Crippen LogP contribution is 2.27. The van der Waals surface area contributed by atoms with Gasteiger partial charge in [-0.3, -0.25) is 4.99 Å². The molecule has 1 aromatic heterocycles. The van der Waals surface area contributed by atoms with Crippen LogP contribution in [0.2, 0.25) is 5.02 Å². The van der Waals surface area contributed by atoms with E-state index in [1.54, 1.807) is 6.07 Å². The van der Waals surface area contributed by atoms with Crippen LogP contribution in [0.3, 0.4) is 0 Å². The van der Waals surface area contributed by atoms with Crippen molar-refractivity contribution in [2.24, 2.45) is 4.99 Å². The molecule has 3 aromatic rings. The quantitative estimate of drug-likeness (QED) is 0.674. The molecule has 2 N–H and O–H groups in total. The fourth-order valence-electron chi connectivity index (χ4n) is 2.00. The van der Waals surface area contributed by atoms with Crippen LogP contribution >= 0.6 is 11.6 Å². The SMILES string of the molecule is Oc1[nH]c2ccccc2c1C=Nc1ccc(Cl)cc1F. The van der Waals surface area contributed by atoms with E-state index in [9.17, 15) is 9.50 Å². The Morgan fingerprint density at radius 2 is 2.00 bits per heavy atom. The first-order chi connectivity index (χ1) is 9.65. The van der Waals surface area contributed by atoms with Crippen LogP contribution in [0, 0.1) is 5.82 Å². The second-order valence-electron chi connectivity index (χ2n) is 4.29. The molecule has 0 radical (unpaired) electrons. The maximum atomic E-state index is 13.6. The standard InChI is InChI=1S/C15H10ClFN2O/c16-9-5-6-14(12(17)7-9)18-8-11-10-3-1-2-4-13(10)19-15(11)20/h1-8,19-20H. The lowest BCUT2D eigenvalue weighted by atomic mass is 10.2. The Labute approximate surface area is 119 Å². The molecule has 0 aliphatic carbocycles. The Bertz CT molecular complexity index is 811. The summed E-state index contributed by atoms with van der Waals surface area (Å²) in [6, 6.07) is 11.7. The van der Waals surface area contributed by atoms with Crippen molar-refractivity contribution in [2.45, 2.75) is 0 Å². The first-order valence-corrected chi connectivity index (χ1v) is 6.32. The molecule has 100 valence electrons. The van der Waals surface area contributed by atoms with E-state index >= 15 is 0 Å². The third kappa shape index (κ3) is 2.26. The third-order valence-electron chi connectivity index (χ3n) is 2.97. The number of aromatic nitrogens is 1. The smallest absolute Gasteiger partial charge is 0.198 e. The van der Waals surface area contributed by atoms with E-state index in [0.29, 0.717) is 10.6 Å². The lowest BCUT2D eigenvalue weighted by molar-refractivity contribution is 0.457. The summed E-state index contributed by atoms with van der Waals surface area (Å²) in [7, 11) is 0. The van der Waals surface area contributed by atoms with Gasteiger partial charge in [0.1, 0.15) is 5.82 Å². The average molecular weight is 289 g/mol. The summed E-state index contributed by atoms with van der Waals surface area (Å²) in [5.41, 5.74) is 1.48. The van der Waals surface area contributed by atoms with E-state index in [4.69, 9.17) is 11.6 Å². The van der Waals surface area contributed by atoms with Crippen molar-refractivity contribution in [2.75, 3.05) is 0 Å². The van der Waals surface area contributed by atoms with Gasteiger partial charge in [-0.1, -0.05) is 29.8 Å². The molecule has 2 aromatic carbocycles. The zero-order chi connectivity index (χ0) is 14.1. The van der Waals surface area contributed by atoms with Crippen molar-refractivity contribution in [1.82, 2.24) is 4.98 Å². The maximum Gasteiger partial charge on any atom is 0.198 e.